The van der Waals surface area contributed by atoms with E-state index in [1.165, 1.54) is 7.11 Å². The number of oxime groups is 1. The second-order valence-electron chi connectivity index (χ2n) is 1.14. The molecular formula is C4H8ClNO. The topological polar surface area (TPSA) is 21.6 Å². The van der Waals surface area contributed by atoms with Crippen LogP contribution in [-0.2, 0) is 4.84 Å². The van der Waals surface area contributed by atoms with Gasteiger partial charge in [-0.1, -0.05) is 5.16 Å². The summed E-state index contributed by atoms with van der Waals surface area (Å²) in [7, 11) is 1.50. The molecule has 0 aromatic carbocycles. The van der Waals surface area contributed by atoms with Gasteiger partial charge in [-0.05, 0) is 6.92 Å². The number of hydrogen-bond acceptors (Lipinski definition) is 2. The molecule has 0 radical (unpaired) electrons. The standard InChI is InChI=1S/C4H8ClNO/c1-4(3-5)6-7-2/h3H2,1-2H3/b6-4+. The Balaban J connectivity index is 3.29. The minimum atomic E-state index is 0.438. The molecule has 0 spiro atoms. The molecule has 0 rings (SSSR count). The number of alkyl halides is 1. The molecule has 0 heterocycles. The summed E-state index contributed by atoms with van der Waals surface area (Å²) in [6, 6.07) is 0. The van der Waals surface area contributed by atoms with E-state index in [9.17, 15) is 0 Å². The van der Waals surface area contributed by atoms with Gasteiger partial charge in [-0.15, -0.1) is 11.6 Å². The third-order valence-corrected chi connectivity index (χ3v) is 0.827. The summed E-state index contributed by atoms with van der Waals surface area (Å²) in [5.41, 5.74) is 0.796. The average molecular weight is 122 g/mol. The molecule has 0 aliphatic carbocycles. The fourth-order valence-electron chi connectivity index (χ4n) is 0.180. The van der Waals surface area contributed by atoms with E-state index in [0.29, 0.717) is 5.88 Å². The highest BCUT2D eigenvalue weighted by molar-refractivity contribution is 6.28. The predicted octanol–water partition coefficient (Wildman–Crippen LogP) is 1.25. The van der Waals surface area contributed by atoms with Crippen molar-refractivity contribution in [3.63, 3.8) is 0 Å². The molecule has 42 valence electrons. The van der Waals surface area contributed by atoms with Gasteiger partial charge in [-0.2, -0.15) is 0 Å². The first-order valence-corrected chi connectivity index (χ1v) is 2.47. The fraction of sp³-hybridized carbons (Fsp3) is 0.750. The summed E-state index contributed by atoms with van der Waals surface area (Å²) in [6.45, 7) is 1.80. The Hall–Kier alpha value is -0.240. The summed E-state index contributed by atoms with van der Waals surface area (Å²) in [6.07, 6.45) is 0. The van der Waals surface area contributed by atoms with Gasteiger partial charge in [-0.25, -0.2) is 0 Å². The van der Waals surface area contributed by atoms with Crippen LogP contribution in [-0.4, -0.2) is 18.7 Å². The largest absolute Gasteiger partial charge is 0.399 e. The molecule has 0 N–H and O–H groups in total. The van der Waals surface area contributed by atoms with Gasteiger partial charge in [0.15, 0.2) is 0 Å². The molecule has 0 aromatic heterocycles. The highest BCUT2D eigenvalue weighted by Gasteiger charge is 1.82. The molecule has 0 saturated heterocycles. The molecule has 2 nitrogen and oxygen atoms in total. The highest BCUT2D eigenvalue weighted by atomic mass is 35.5. The van der Waals surface area contributed by atoms with Crippen molar-refractivity contribution >= 4 is 17.3 Å². The summed E-state index contributed by atoms with van der Waals surface area (Å²) < 4.78 is 0. The zero-order valence-corrected chi connectivity index (χ0v) is 5.20. The summed E-state index contributed by atoms with van der Waals surface area (Å²) >= 11 is 5.32. The Labute approximate surface area is 48.1 Å². The van der Waals surface area contributed by atoms with Gasteiger partial charge in [0.05, 0.1) is 11.6 Å². The van der Waals surface area contributed by atoms with Crippen LogP contribution in [0.3, 0.4) is 0 Å². The summed E-state index contributed by atoms with van der Waals surface area (Å²) in [4.78, 5) is 4.40. The van der Waals surface area contributed by atoms with Gasteiger partial charge in [-0.3, -0.25) is 0 Å². The molecule has 0 unspecified atom stereocenters. The Bertz CT molecular complexity index is 72.1. The van der Waals surface area contributed by atoms with E-state index in [-0.39, 0.29) is 0 Å². The molecule has 0 bridgehead atoms. The van der Waals surface area contributed by atoms with Crippen molar-refractivity contribution in [1.82, 2.24) is 0 Å². The van der Waals surface area contributed by atoms with Crippen LogP contribution in [0, 0.1) is 0 Å². The second kappa shape index (κ2) is 3.93. The number of halogens is 1. The lowest BCUT2D eigenvalue weighted by molar-refractivity contribution is 0.213. The van der Waals surface area contributed by atoms with E-state index in [4.69, 9.17) is 11.6 Å². The van der Waals surface area contributed by atoms with Crippen molar-refractivity contribution in [2.24, 2.45) is 5.16 Å². The van der Waals surface area contributed by atoms with Crippen LogP contribution in [0.5, 0.6) is 0 Å². The van der Waals surface area contributed by atoms with Crippen LogP contribution in [0.2, 0.25) is 0 Å². The van der Waals surface area contributed by atoms with Crippen molar-refractivity contribution in [1.29, 1.82) is 0 Å². The minimum Gasteiger partial charge on any atom is -0.399 e. The molecule has 0 aliphatic heterocycles. The third kappa shape index (κ3) is 3.59. The van der Waals surface area contributed by atoms with E-state index in [2.05, 4.69) is 9.99 Å². The van der Waals surface area contributed by atoms with Gasteiger partial charge in [0.1, 0.15) is 7.11 Å². The normalized spacial score (nSPS) is 11.6. The molecule has 0 atom stereocenters. The molecule has 3 heteroatoms. The van der Waals surface area contributed by atoms with Crippen LogP contribution in [0.25, 0.3) is 0 Å². The van der Waals surface area contributed by atoms with Crippen LogP contribution in [0.1, 0.15) is 6.92 Å². The maximum absolute atomic E-state index is 5.32. The molecule has 7 heavy (non-hydrogen) atoms. The van der Waals surface area contributed by atoms with Crippen molar-refractivity contribution < 1.29 is 4.84 Å². The lowest BCUT2D eigenvalue weighted by Crippen LogP contribution is -1.91. The maximum Gasteiger partial charge on any atom is 0.106 e. The SMILES string of the molecule is CO/N=C(\C)CCl. The second-order valence-corrected chi connectivity index (χ2v) is 1.41. The molecule has 0 saturated carbocycles. The van der Waals surface area contributed by atoms with Gasteiger partial charge in [0, 0.05) is 0 Å². The minimum absolute atomic E-state index is 0.438. The molecule has 0 aromatic rings. The van der Waals surface area contributed by atoms with E-state index in [1.807, 2.05) is 0 Å². The Morgan fingerprint density at radius 1 is 1.86 bits per heavy atom. The molecule has 0 aliphatic rings. The number of rotatable bonds is 2. The Morgan fingerprint density at radius 2 is 2.43 bits per heavy atom. The van der Waals surface area contributed by atoms with Crippen LogP contribution >= 0.6 is 11.6 Å². The lowest BCUT2D eigenvalue weighted by atomic mass is 10.5. The fourth-order valence-corrected chi connectivity index (χ4v) is 0.229. The van der Waals surface area contributed by atoms with Gasteiger partial charge >= 0.3 is 0 Å². The smallest absolute Gasteiger partial charge is 0.106 e. The molecular weight excluding hydrogens is 114 g/mol. The van der Waals surface area contributed by atoms with Crippen LogP contribution in [0.4, 0.5) is 0 Å². The van der Waals surface area contributed by atoms with Crippen molar-refractivity contribution in [2.45, 2.75) is 6.92 Å². The first-order valence-electron chi connectivity index (χ1n) is 1.94. The van der Waals surface area contributed by atoms with Crippen LogP contribution < -0.4 is 0 Å². The first-order chi connectivity index (χ1) is 3.31. The number of nitrogens with zero attached hydrogens (tertiary/aromatic N) is 1. The van der Waals surface area contributed by atoms with E-state index in [0.717, 1.165) is 5.71 Å². The monoisotopic (exact) mass is 121 g/mol. The predicted molar refractivity (Wildman–Crippen MR) is 30.8 cm³/mol. The zero-order valence-electron chi connectivity index (χ0n) is 4.44. The van der Waals surface area contributed by atoms with Crippen molar-refractivity contribution in [3.05, 3.63) is 0 Å². The van der Waals surface area contributed by atoms with Crippen molar-refractivity contribution in [2.75, 3.05) is 13.0 Å². The van der Waals surface area contributed by atoms with E-state index in [1.54, 1.807) is 6.92 Å². The summed E-state index contributed by atoms with van der Waals surface area (Å²) in [5.74, 6) is 0.438. The Morgan fingerprint density at radius 3 is 2.57 bits per heavy atom. The van der Waals surface area contributed by atoms with Crippen LogP contribution in [0.15, 0.2) is 5.16 Å². The van der Waals surface area contributed by atoms with Crippen molar-refractivity contribution in [3.8, 4) is 0 Å². The number of hydrogen-bond donors (Lipinski definition) is 0. The quantitative estimate of drug-likeness (QED) is 0.306. The zero-order chi connectivity index (χ0) is 5.70. The highest BCUT2D eigenvalue weighted by Crippen LogP contribution is 1.80. The third-order valence-electron chi connectivity index (χ3n) is 0.441. The van der Waals surface area contributed by atoms with Gasteiger partial charge in [0.2, 0.25) is 0 Å². The van der Waals surface area contributed by atoms with E-state index < -0.39 is 0 Å². The van der Waals surface area contributed by atoms with E-state index >= 15 is 0 Å². The summed E-state index contributed by atoms with van der Waals surface area (Å²) in [5, 5.41) is 3.53. The molecule has 0 amide bonds. The lowest BCUT2D eigenvalue weighted by Gasteiger charge is -1.87. The maximum atomic E-state index is 5.32. The Kier molecular flexibility index (Phi) is 3.80. The first kappa shape index (κ1) is 6.76. The van der Waals surface area contributed by atoms with Gasteiger partial charge < -0.3 is 4.84 Å². The average Bonchev–Trinajstić information content (AvgIpc) is 1.68. The van der Waals surface area contributed by atoms with Gasteiger partial charge in [0.25, 0.3) is 0 Å². The molecule has 0 fully saturated rings.